The molecule has 50 heavy (non-hydrogen) atoms. The van der Waals surface area contributed by atoms with Crippen molar-refractivity contribution in [2.45, 2.75) is 111 Å². The van der Waals surface area contributed by atoms with Crippen molar-refractivity contribution in [2.24, 2.45) is 51.2 Å². The Morgan fingerprint density at radius 3 is 2.28 bits per heavy atom. The maximum atomic E-state index is 12.9. The highest BCUT2D eigenvalue weighted by Gasteiger charge is 2.71. The van der Waals surface area contributed by atoms with Crippen LogP contribution in [0.25, 0.3) is 0 Å². The Balaban J connectivity index is 1.09. The van der Waals surface area contributed by atoms with Gasteiger partial charge >= 0.3 is 0 Å². The Bertz CT molecular complexity index is 1670. The lowest BCUT2D eigenvalue weighted by molar-refractivity contribution is -0.227. The molecule has 1 aromatic rings. The first-order chi connectivity index (χ1) is 23.5. The van der Waals surface area contributed by atoms with E-state index in [0.29, 0.717) is 65.3 Å². The number of ether oxygens (including phenoxy) is 1. The van der Waals surface area contributed by atoms with Crippen LogP contribution in [-0.2, 0) is 9.84 Å². The van der Waals surface area contributed by atoms with E-state index in [2.05, 4.69) is 63.2 Å². The average Bonchev–Trinajstić information content (AvgIpc) is 3.44. The van der Waals surface area contributed by atoms with Crippen LogP contribution in [0.4, 0.5) is 5.69 Å². The Morgan fingerprint density at radius 1 is 0.880 bits per heavy atom. The summed E-state index contributed by atoms with van der Waals surface area (Å²) in [4.78, 5) is 29.8. The van der Waals surface area contributed by atoms with Crippen molar-refractivity contribution in [1.29, 1.82) is 0 Å². The smallest absolute Gasteiger partial charge is 0.272 e. The summed E-state index contributed by atoms with van der Waals surface area (Å²) >= 11 is 0. The highest BCUT2D eigenvalue weighted by molar-refractivity contribution is 7.91. The highest BCUT2D eigenvalue weighted by Crippen LogP contribution is 2.77. The summed E-state index contributed by atoms with van der Waals surface area (Å²) in [6.07, 6.45) is 12.2. The standard InChI is InChI=1S/C41H65N3O5S/c1-27(2)28-12-15-41(26-42-19-9-20-43-22-24-50(47,48)25-23-43)17-16-39(6)29(32(28)41)10-11-31-38(5)18-21-44(33-34(45)35(46)36(33)49-8)37(3,4)30(38)13-14-40(31,39)7/h28-32,42H,1,9-26H2,2-8H3/t28-,29+,30-,31+,32+,38-,39+,40+,41+/m0/s1. The number of fused-ring (bicyclic) bond motifs is 7. The second kappa shape index (κ2) is 12.4. The largest absolute Gasteiger partial charge is 0.491 e. The lowest BCUT2D eigenvalue weighted by Gasteiger charge is -2.73. The molecule has 1 aromatic carbocycles. The minimum absolute atomic E-state index is 0.170. The van der Waals surface area contributed by atoms with Gasteiger partial charge in [0.1, 0.15) is 5.69 Å². The van der Waals surface area contributed by atoms with Crippen LogP contribution in [0.1, 0.15) is 106 Å². The Labute approximate surface area is 301 Å². The van der Waals surface area contributed by atoms with Crippen LogP contribution in [0.2, 0.25) is 0 Å². The summed E-state index contributed by atoms with van der Waals surface area (Å²) in [6.45, 7) is 24.7. The molecule has 0 aromatic heterocycles. The van der Waals surface area contributed by atoms with E-state index in [-0.39, 0.29) is 33.0 Å². The minimum atomic E-state index is -2.83. The normalized spacial score (nSPS) is 42.3. The molecule has 9 atom stereocenters. The van der Waals surface area contributed by atoms with Crippen molar-refractivity contribution in [1.82, 2.24) is 10.2 Å². The van der Waals surface area contributed by atoms with Crippen molar-refractivity contribution < 1.29 is 13.2 Å². The van der Waals surface area contributed by atoms with Crippen LogP contribution in [0.5, 0.6) is 5.75 Å². The molecular weight excluding hydrogens is 647 g/mol. The van der Waals surface area contributed by atoms with Gasteiger partial charge in [0.15, 0.2) is 15.6 Å². The van der Waals surface area contributed by atoms with Gasteiger partial charge in [-0.2, -0.15) is 0 Å². The maximum Gasteiger partial charge on any atom is 0.272 e. The Morgan fingerprint density at radius 2 is 1.60 bits per heavy atom. The summed E-state index contributed by atoms with van der Waals surface area (Å²) in [5.74, 6) is 3.89. The van der Waals surface area contributed by atoms with E-state index in [1.165, 1.54) is 57.6 Å². The van der Waals surface area contributed by atoms with E-state index in [4.69, 9.17) is 4.74 Å². The molecule has 8 nitrogen and oxygen atoms in total. The number of nitrogens with zero attached hydrogens (tertiary/aromatic N) is 2. The van der Waals surface area contributed by atoms with Gasteiger partial charge in [-0.3, -0.25) is 9.59 Å². The molecule has 0 radical (unpaired) electrons. The molecule has 7 rings (SSSR count). The predicted molar refractivity (Wildman–Crippen MR) is 202 cm³/mol. The van der Waals surface area contributed by atoms with Crippen LogP contribution in [0, 0.1) is 51.2 Å². The first-order valence-electron chi connectivity index (χ1n) is 19.9. The van der Waals surface area contributed by atoms with E-state index < -0.39 is 15.3 Å². The van der Waals surface area contributed by atoms with Gasteiger partial charge in [0.25, 0.3) is 10.9 Å². The molecular formula is C41H65N3O5S. The molecule has 9 heteroatoms. The van der Waals surface area contributed by atoms with Gasteiger partial charge in [0.05, 0.1) is 18.6 Å². The molecule has 280 valence electrons. The second-order valence-corrected chi connectivity index (χ2v) is 21.5. The van der Waals surface area contributed by atoms with Crippen LogP contribution < -0.4 is 25.8 Å². The fourth-order valence-electron chi connectivity index (χ4n) is 14.2. The molecule has 0 bridgehead atoms. The molecule has 4 aliphatic carbocycles. The van der Waals surface area contributed by atoms with Gasteiger partial charge < -0.3 is 19.9 Å². The van der Waals surface area contributed by atoms with E-state index in [1.54, 1.807) is 0 Å². The van der Waals surface area contributed by atoms with E-state index in [0.717, 1.165) is 45.4 Å². The third-order valence-electron chi connectivity index (χ3n) is 17.0. The topological polar surface area (TPSA) is 96.0 Å². The number of allylic oxidation sites excluding steroid dienone is 1. The number of nitrogens with one attached hydrogen (secondary N) is 1. The van der Waals surface area contributed by atoms with E-state index >= 15 is 0 Å². The number of hydrogen-bond acceptors (Lipinski definition) is 8. The maximum absolute atomic E-state index is 12.9. The monoisotopic (exact) mass is 711 g/mol. The van der Waals surface area contributed by atoms with Crippen molar-refractivity contribution in [3.63, 3.8) is 0 Å². The SMILES string of the molecule is C=C(C)[C@@H]1CC[C@]2(CNCCCN3CCS(=O)(=O)CC3)CC[C@]3(C)[C@H](CC[C@@H]4[C@@]5(C)CCN(c6c(OC)c(=O)c6=O)C(C)(C)[C@@H]5CC[C@]43C)[C@@H]12. The van der Waals surface area contributed by atoms with Gasteiger partial charge in [-0.15, -0.1) is 0 Å². The molecule has 6 fully saturated rings. The van der Waals surface area contributed by atoms with Crippen LogP contribution in [0.15, 0.2) is 21.7 Å². The second-order valence-electron chi connectivity index (χ2n) is 19.2. The molecule has 2 heterocycles. The first-order valence-corrected chi connectivity index (χ1v) is 21.7. The van der Waals surface area contributed by atoms with Crippen molar-refractivity contribution >= 4 is 15.5 Å². The highest BCUT2D eigenvalue weighted by atomic mass is 32.2. The number of hydrogen-bond donors (Lipinski definition) is 1. The third-order valence-corrected chi connectivity index (χ3v) is 18.6. The average molecular weight is 712 g/mol. The van der Waals surface area contributed by atoms with Crippen molar-refractivity contribution in [2.75, 3.05) is 62.8 Å². The number of rotatable bonds is 9. The molecule has 4 saturated carbocycles. The third kappa shape index (κ3) is 5.27. The number of piperidine rings is 1. The zero-order valence-corrected chi connectivity index (χ0v) is 33.0. The molecule has 1 N–H and O–H groups in total. The van der Waals surface area contributed by atoms with Crippen LogP contribution in [-0.4, -0.2) is 76.7 Å². The molecule has 6 aliphatic rings. The number of anilines is 1. The summed E-state index contributed by atoms with van der Waals surface area (Å²) in [5, 5.41) is 3.96. The lowest BCUT2D eigenvalue weighted by Crippen LogP contribution is -2.70. The summed E-state index contributed by atoms with van der Waals surface area (Å²) in [5.41, 5.74) is 1.82. The number of sulfone groups is 1. The van der Waals surface area contributed by atoms with Gasteiger partial charge in [-0.05, 0) is 149 Å². The fraction of sp³-hybridized carbons (Fsp3) is 0.854. The van der Waals surface area contributed by atoms with Crippen molar-refractivity contribution in [3.8, 4) is 5.75 Å². The number of methoxy groups -OCH3 is 1. The zero-order chi connectivity index (χ0) is 36.1. The van der Waals surface area contributed by atoms with Gasteiger partial charge in [-0.1, -0.05) is 32.9 Å². The molecule has 0 amide bonds. The minimum Gasteiger partial charge on any atom is -0.491 e. The Hall–Kier alpha value is -1.71. The summed E-state index contributed by atoms with van der Waals surface area (Å²) in [6, 6.07) is 0. The van der Waals surface area contributed by atoms with Gasteiger partial charge in [0, 0.05) is 31.7 Å². The molecule has 0 unspecified atom stereocenters. The summed E-state index contributed by atoms with van der Waals surface area (Å²) < 4.78 is 29.2. The Kier molecular flexibility index (Phi) is 9.11. The van der Waals surface area contributed by atoms with Crippen LogP contribution in [0.3, 0.4) is 0 Å². The van der Waals surface area contributed by atoms with E-state index in [1.807, 2.05) is 0 Å². The van der Waals surface area contributed by atoms with Gasteiger partial charge in [-0.25, -0.2) is 8.42 Å². The van der Waals surface area contributed by atoms with Crippen LogP contribution >= 0.6 is 0 Å². The van der Waals surface area contributed by atoms with Crippen molar-refractivity contribution in [3.05, 3.63) is 32.6 Å². The molecule has 2 aliphatic heterocycles. The predicted octanol–water partition coefficient (Wildman–Crippen LogP) is 5.83. The zero-order valence-electron chi connectivity index (χ0n) is 32.2. The molecule has 2 saturated heterocycles. The molecule has 0 spiro atoms. The quantitative estimate of drug-likeness (QED) is 0.195. The lowest BCUT2D eigenvalue weighted by atomic mass is 9.33. The summed E-state index contributed by atoms with van der Waals surface area (Å²) in [7, 11) is -1.32. The first kappa shape index (κ1) is 36.6. The van der Waals surface area contributed by atoms with Gasteiger partial charge in [0.2, 0.25) is 0 Å². The fourth-order valence-corrected chi connectivity index (χ4v) is 15.5. The van der Waals surface area contributed by atoms with E-state index in [9.17, 15) is 18.0 Å².